The van der Waals surface area contributed by atoms with Crippen LogP contribution in [0, 0.1) is 6.92 Å². The van der Waals surface area contributed by atoms with Gasteiger partial charge in [-0.3, -0.25) is 4.79 Å². The number of anilines is 1. The molecule has 0 atom stereocenters. The largest absolute Gasteiger partial charge is 0.443 e. The van der Waals surface area contributed by atoms with E-state index in [-0.39, 0.29) is 5.91 Å². The highest BCUT2D eigenvalue weighted by molar-refractivity contribution is 9.10. The number of fused-ring (bicyclic) bond motifs is 1. The van der Waals surface area contributed by atoms with Gasteiger partial charge in [-0.2, -0.15) is 0 Å². The van der Waals surface area contributed by atoms with Gasteiger partial charge in [0.25, 0.3) is 5.91 Å². The quantitative estimate of drug-likeness (QED) is 0.767. The first-order valence-electron chi connectivity index (χ1n) is 6.04. The predicted molar refractivity (Wildman–Crippen MR) is 80.8 cm³/mol. The van der Waals surface area contributed by atoms with E-state index in [2.05, 4.69) is 26.2 Å². The SMILES string of the molecule is Cc1cc(NC(=O)c2ccc3ncoc3c2)ccc1Br. The number of oxazole rings is 1. The molecule has 0 radical (unpaired) electrons. The van der Waals surface area contributed by atoms with E-state index in [9.17, 15) is 4.79 Å². The Bertz CT molecular complexity index is 795. The van der Waals surface area contributed by atoms with E-state index in [0.717, 1.165) is 21.2 Å². The summed E-state index contributed by atoms with van der Waals surface area (Å²) in [5.41, 5.74) is 3.70. The average molecular weight is 331 g/mol. The molecule has 2 aromatic carbocycles. The minimum Gasteiger partial charge on any atom is -0.443 e. The van der Waals surface area contributed by atoms with Gasteiger partial charge in [0.2, 0.25) is 0 Å². The van der Waals surface area contributed by atoms with Gasteiger partial charge in [0.05, 0.1) is 0 Å². The Balaban J connectivity index is 1.86. The third-order valence-electron chi connectivity index (χ3n) is 3.01. The molecule has 0 unspecified atom stereocenters. The first-order chi connectivity index (χ1) is 9.63. The zero-order valence-electron chi connectivity index (χ0n) is 10.7. The number of aryl methyl sites for hydroxylation is 1. The maximum absolute atomic E-state index is 12.2. The second-order valence-corrected chi connectivity index (χ2v) is 5.31. The van der Waals surface area contributed by atoms with Crippen molar-refractivity contribution in [3.05, 3.63) is 58.4 Å². The van der Waals surface area contributed by atoms with Gasteiger partial charge in [0.1, 0.15) is 5.52 Å². The molecule has 0 aliphatic heterocycles. The number of nitrogens with one attached hydrogen (secondary N) is 1. The van der Waals surface area contributed by atoms with Crippen molar-refractivity contribution in [1.82, 2.24) is 4.98 Å². The smallest absolute Gasteiger partial charge is 0.255 e. The minimum atomic E-state index is -0.176. The molecule has 1 N–H and O–H groups in total. The number of carbonyl (C=O) groups excluding carboxylic acids is 1. The Morgan fingerprint density at radius 3 is 2.90 bits per heavy atom. The van der Waals surface area contributed by atoms with Crippen molar-refractivity contribution in [2.24, 2.45) is 0 Å². The lowest BCUT2D eigenvalue weighted by Gasteiger charge is -2.07. The highest BCUT2D eigenvalue weighted by atomic mass is 79.9. The Morgan fingerprint density at radius 1 is 1.25 bits per heavy atom. The highest BCUT2D eigenvalue weighted by Gasteiger charge is 2.09. The van der Waals surface area contributed by atoms with Crippen LogP contribution in [0.1, 0.15) is 15.9 Å². The van der Waals surface area contributed by atoms with E-state index < -0.39 is 0 Å². The van der Waals surface area contributed by atoms with Crippen LogP contribution >= 0.6 is 15.9 Å². The Labute approximate surface area is 123 Å². The molecule has 1 aromatic heterocycles. The van der Waals surface area contributed by atoms with E-state index in [1.807, 2.05) is 25.1 Å². The van der Waals surface area contributed by atoms with Gasteiger partial charge in [0.15, 0.2) is 12.0 Å². The van der Waals surface area contributed by atoms with Gasteiger partial charge in [0, 0.05) is 15.7 Å². The standard InChI is InChI=1S/C15H11BrN2O2/c1-9-6-11(3-4-12(9)16)18-15(19)10-2-5-13-14(7-10)20-8-17-13/h2-8H,1H3,(H,18,19). The van der Waals surface area contributed by atoms with Crippen molar-refractivity contribution in [2.75, 3.05) is 5.32 Å². The molecular formula is C15H11BrN2O2. The van der Waals surface area contributed by atoms with Crippen LogP contribution in [-0.2, 0) is 0 Å². The summed E-state index contributed by atoms with van der Waals surface area (Å²) in [6, 6.07) is 10.8. The van der Waals surface area contributed by atoms with Crippen molar-refractivity contribution in [1.29, 1.82) is 0 Å². The summed E-state index contributed by atoms with van der Waals surface area (Å²) in [4.78, 5) is 16.2. The summed E-state index contributed by atoms with van der Waals surface area (Å²) in [5.74, 6) is -0.176. The maximum atomic E-state index is 12.2. The topological polar surface area (TPSA) is 55.1 Å². The van der Waals surface area contributed by atoms with Crippen LogP contribution in [-0.4, -0.2) is 10.9 Å². The lowest BCUT2D eigenvalue weighted by Crippen LogP contribution is -2.11. The molecule has 0 saturated heterocycles. The van der Waals surface area contributed by atoms with Crippen LogP contribution in [0.3, 0.4) is 0 Å². The summed E-state index contributed by atoms with van der Waals surface area (Å²) in [6.07, 6.45) is 1.37. The van der Waals surface area contributed by atoms with Gasteiger partial charge in [-0.1, -0.05) is 15.9 Å². The van der Waals surface area contributed by atoms with Gasteiger partial charge >= 0.3 is 0 Å². The molecule has 0 aliphatic rings. The van der Waals surface area contributed by atoms with E-state index in [1.54, 1.807) is 18.2 Å². The summed E-state index contributed by atoms with van der Waals surface area (Å²) in [7, 11) is 0. The Morgan fingerprint density at radius 2 is 2.10 bits per heavy atom. The van der Waals surface area contributed by atoms with Crippen molar-refractivity contribution >= 4 is 38.6 Å². The van der Waals surface area contributed by atoms with E-state index in [1.165, 1.54) is 6.39 Å². The van der Waals surface area contributed by atoms with Crippen molar-refractivity contribution in [2.45, 2.75) is 6.92 Å². The zero-order chi connectivity index (χ0) is 14.1. The first-order valence-corrected chi connectivity index (χ1v) is 6.83. The fourth-order valence-corrected chi connectivity index (χ4v) is 2.17. The van der Waals surface area contributed by atoms with E-state index >= 15 is 0 Å². The predicted octanol–water partition coefficient (Wildman–Crippen LogP) is 4.15. The highest BCUT2D eigenvalue weighted by Crippen LogP contribution is 2.21. The molecule has 0 saturated carbocycles. The van der Waals surface area contributed by atoms with Crippen LogP contribution in [0.5, 0.6) is 0 Å². The first kappa shape index (κ1) is 12.9. The van der Waals surface area contributed by atoms with Gasteiger partial charge < -0.3 is 9.73 Å². The second-order valence-electron chi connectivity index (χ2n) is 4.45. The number of benzene rings is 2. The zero-order valence-corrected chi connectivity index (χ0v) is 12.3. The number of carbonyl (C=O) groups is 1. The number of hydrogen-bond acceptors (Lipinski definition) is 3. The fraction of sp³-hybridized carbons (Fsp3) is 0.0667. The molecule has 20 heavy (non-hydrogen) atoms. The summed E-state index contributed by atoms with van der Waals surface area (Å²) >= 11 is 3.43. The van der Waals surface area contributed by atoms with E-state index in [0.29, 0.717) is 11.1 Å². The molecule has 3 rings (SSSR count). The summed E-state index contributed by atoms with van der Waals surface area (Å²) < 4.78 is 6.21. The van der Waals surface area contributed by atoms with Gasteiger partial charge in [-0.15, -0.1) is 0 Å². The molecular weight excluding hydrogens is 320 g/mol. The van der Waals surface area contributed by atoms with Crippen LogP contribution in [0.2, 0.25) is 0 Å². The molecule has 0 aliphatic carbocycles. The van der Waals surface area contributed by atoms with Crippen molar-refractivity contribution in [3.63, 3.8) is 0 Å². The summed E-state index contributed by atoms with van der Waals surface area (Å²) in [6.45, 7) is 1.97. The van der Waals surface area contributed by atoms with Crippen LogP contribution in [0.25, 0.3) is 11.1 Å². The molecule has 100 valence electrons. The molecule has 4 nitrogen and oxygen atoms in total. The maximum Gasteiger partial charge on any atom is 0.255 e. The Hall–Kier alpha value is -2.14. The molecule has 0 fully saturated rings. The number of rotatable bonds is 2. The lowest BCUT2D eigenvalue weighted by atomic mass is 10.1. The third-order valence-corrected chi connectivity index (χ3v) is 3.90. The molecule has 5 heteroatoms. The van der Waals surface area contributed by atoms with Crippen LogP contribution in [0.15, 0.2) is 51.7 Å². The second kappa shape index (κ2) is 5.09. The van der Waals surface area contributed by atoms with Gasteiger partial charge in [-0.05, 0) is 48.9 Å². The fourth-order valence-electron chi connectivity index (χ4n) is 1.92. The summed E-state index contributed by atoms with van der Waals surface area (Å²) in [5, 5.41) is 2.86. The van der Waals surface area contributed by atoms with Gasteiger partial charge in [-0.25, -0.2) is 4.98 Å². The van der Waals surface area contributed by atoms with E-state index in [4.69, 9.17) is 4.42 Å². The molecule has 3 aromatic rings. The average Bonchev–Trinajstić information content (AvgIpc) is 2.90. The number of aromatic nitrogens is 1. The third kappa shape index (κ3) is 2.44. The molecule has 1 heterocycles. The lowest BCUT2D eigenvalue weighted by molar-refractivity contribution is 0.102. The van der Waals surface area contributed by atoms with Crippen molar-refractivity contribution < 1.29 is 9.21 Å². The monoisotopic (exact) mass is 330 g/mol. The minimum absolute atomic E-state index is 0.176. The van der Waals surface area contributed by atoms with Crippen molar-refractivity contribution in [3.8, 4) is 0 Å². The number of amides is 1. The van der Waals surface area contributed by atoms with Crippen LogP contribution in [0.4, 0.5) is 5.69 Å². The van der Waals surface area contributed by atoms with Crippen LogP contribution < -0.4 is 5.32 Å². The number of nitrogens with zero attached hydrogens (tertiary/aromatic N) is 1. The number of halogens is 1. The molecule has 1 amide bonds. The molecule has 0 spiro atoms. The normalized spacial score (nSPS) is 10.7. The Kier molecular flexibility index (Phi) is 3.28. The number of hydrogen-bond donors (Lipinski definition) is 1. The molecule has 0 bridgehead atoms.